The summed E-state index contributed by atoms with van der Waals surface area (Å²) in [6.45, 7) is 0.0687. The van der Waals surface area contributed by atoms with Crippen molar-refractivity contribution in [2.45, 2.75) is 47.6 Å². The van der Waals surface area contributed by atoms with Gasteiger partial charge in [-0.15, -0.1) is 22.7 Å². The molecule has 5 nitrogen and oxygen atoms in total. The Morgan fingerprint density at radius 1 is 1.12 bits per heavy atom. The van der Waals surface area contributed by atoms with E-state index in [1.807, 2.05) is 11.4 Å². The fraction of sp³-hybridized carbons (Fsp3) is 0.471. The number of urea groups is 1. The molecule has 0 aliphatic heterocycles. The summed E-state index contributed by atoms with van der Waals surface area (Å²) in [6, 6.07) is 6.90. The molecule has 0 radical (unpaired) electrons. The third-order valence-corrected chi connectivity index (χ3v) is 9.05. The molecular formula is C17H22N2O3S3. The Hall–Kier alpha value is -1.38. The van der Waals surface area contributed by atoms with Gasteiger partial charge in [-0.3, -0.25) is 0 Å². The van der Waals surface area contributed by atoms with Gasteiger partial charge in [0.25, 0.3) is 0 Å². The number of nitrogens with one attached hydrogen (secondary N) is 2. The van der Waals surface area contributed by atoms with Crippen LogP contribution in [0.1, 0.15) is 42.2 Å². The lowest BCUT2D eigenvalue weighted by Crippen LogP contribution is -2.44. The van der Waals surface area contributed by atoms with Crippen molar-refractivity contribution in [2.75, 3.05) is 6.54 Å². The molecular weight excluding hydrogens is 376 g/mol. The quantitative estimate of drug-likeness (QED) is 0.773. The molecule has 0 saturated heterocycles. The molecule has 2 aromatic rings. The molecule has 0 aromatic carbocycles. The average molecular weight is 399 g/mol. The Labute approximate surface area is 156 Å². The van der Waals surface area contributed by atoms with E-state index in [0.29, 0.717) is 4.21 Å². The van der Waals surface area contributed by atoms with E-state index in [1.54, 1.807) is 23.6 Å². The van der Waals surface area contributed by atoms with Crippen LogP contribution in [0.5, 0.6) is 0 Å². The minimum absolute atomic E-state index is 0.0687. The normalized spacial score (nSPS) is 17.1. The van der Waals surface area contributed by atoms with Crippen LogP contribution in [-0.4, -0.2) is 27.0 Å². The van der Waals surface area contributed by atoms with Crippen molar-refractivity contribution in [3.05, 3.63) is 39.9 Å². The Morgan fingerprint density at radius 2 is 1.84 bits per heavy atom. The van der Waals surface area contributed by atoms with Crippen LogP contribution in [0.2, 0.25) is 0 Å². The van der Waals surface area contributed by atoms with Crippen LogP contribution in [-0.2, 0) is 9.84 Å². The van der Waals surface area contributed by atoms with Gasteiger partial charge in [0.1, 0.15) is 9.46 Å². The number of thiophene rings is 2. The molecule has 1 unspecified atom stereocenters. The Kier molecular flexibility index (Phi) is 6.14. The van der Waals surface area contributed by atoms with Gasteiger partial charge in [-0.1, -0.05) is 31.4 Å². The van der Waals surface area contributed by atoms with Crippen molar-refractivity contribution in [1.82, 2.24) is 10.6 Å². The lowest BCUT2D eigenvalue weighted by atomic mass is 9.96. The molecule has 1 aliphatic carbocycles. The summed E-state index contributed by atoms with van der Waals surface area (Å²) < 4.78 is 26.2. The van der Waals surface area contributed by atoms with Crippen LogP contribution in [0.25, 0.3) is 0 Å². The van der Waals surface area contributed by atoms with Crippen LogP contribution in [0.15, 0.2) is 39.2 Å². The van der Waals surface area contributed by atoms with E-state index in [4.69, 9.17) is 0 Å². The Morgan fingerprint density at radius 3 is 2.48 bits per heavy atom. The van der Waals surface area contributed by atoms with Crippen molar-refractivity contribution < 1.29 is 13.2 Å². The lowest BCUT2D eigenvalue weighted by Gasteiger charge is -2.23. The van der Waals surface area contributed by atoms with Gasteiger partial charge in [0, 0.05) is 17.5 Å². The zero-order valence-corrected chi connectivity index (χ0v) is 16.3. The average Bonchev–Trinajstić information content (AvgIpc) is 3.30. The van der Waals surface area contributed by atoms with Gasteiger partial charge in [-0.05, 0) is 35.7 Å². The molecule has 1 atom stereocenters. The number of hydrogen-bond donors (Lipinski definition) is 2. The number of carbonyl (C=O) groups excluding carboxylic acids is 1. The fourth-order valence-electron chi connectivity index (χ4n) is 3.07. The number of amides is 2. The third kappa shape index (κ3) is 4.62. The van der Waals surface area contributed by atoms with E-state index in [2.05, 4.69) is 10.6 Å². The minimum atomic E-state index is -3.52. The second-order valence-electron chi connectivity index (χ2n) is 6.17. The molecule has 1 fully saturated rings. The number of hydrogen-bond acceptors (Lipinski definition) is 5. The second kappa shape index (κ2) is 8.33. The Balaban J connectivity index is 1.68. The van der Waals surface area contributed by atoms with Crippen LogP contribution in [0.3, 0.4) is 0 Å². The smallest absolute Gasteiger partial charge is 0.315 e. The molecule has 2 amide bonds. The van der Waals surface area contributed by atoms with Gasteiger partial charge in [0.2, 0.25) is 0 Å². The summed E-state index contributed by atoms with van der Waals surface area (Å²) in [4.78, 5) is 12.9. The molecule has 1 saturated carbocycles. The lowest BCUT2D eigenvalue weighted by molar-refractivity contribution is 0.232. The molecule has 2 aromatic heterocycles. The maximum absolute atomic E-state index is 12.9. The highest BCUT2D eigenvalue weighted by molar-refractivity contribution is 7.93. The first kappa shape index (κ1) is 18.4. The molecule has 136 valence electrons. The number of sulfone groups is 1. The predicted molar refractivity (Wildman–Crippen MR) is 102 cm³/mol. The molecule has 25 heavy (non-hydrogen) atoms. The maximum atomic E-state index is 12.9. The van der Waals surface area contributed by atoms with Crippen molar-refractivity contribution >= 4 is 38.5 Å². The summed E-state index contributed by atoms with van der Waals surface area (Å²) in [5, 5.41) is 8.58. The SMILES string of the molecule is O=C(NCC(c1cccs1)S(=O)(=O)c1cccs1)NC1CCCCC1. The highest BCUT2D eigenvalue weighted by Crippen LogP contribution is 2.33. The molecule has 8 heteroatoms. The minimum Gasteiger partial charge on any atom is -0.336 e. The summed E-state index contributed by atoms with van der Waals surface area (Å²) in [7, 11) is -3.52. The van der Waals surface area contributed by atoms with E-state index >= 15 is 0 Å². The topological polar surface area (TPSA) is 75.3 Å². The second-order valence-corrected chi connectivity index (χ2v) is 10.5. The molecule has 2 N–H and O–H groups in total. The fourth-order valence-corrected chi connectivity index (χ4v) is 7.06. The zero-order valence-electron chi connectivity index (χ0n) is 13.8. The summed E-state index contributed by atoms with van der Waals surface area (Å²) in [5.74, 6) is 0. The van der Waals surface area contributed by atoms with Crippen molar-refractivity contribution in [1.29, 1.82) is 0 Å². The molecule has 0 bridgehead atoms. The van der Waals surface area contributed by atoms with Crippen LogP contribution >= 0.6 is 22.7 Å². The monoisotopic (exact) mass is 398 g/mol. The van der Waals surface area contributed by atoms with E-state index in [-0.39, 0.29) is 18.6 Å². The van der Waals surface area contributed by atoms with E-state index in [0.717, 1.165) is 30.6 Å². The first-order valence-electron chi connectivity index (χ1n) is 8.42. The number of carbonyl (C=O) groups is 1. The van der Waals surface area contributed by atoms with Gasteiger partial charge < -0.3 is 10.6 Å². The van der Waals surface area contributed by atoms with Crippen molar-refractivity contribution in [3.63, 3.8) is 0 Å². The summed E-state index contributed by atoms with van der Waals surface area (Å²) >= 11 is 2.60. The predicted octanol–water partition coefficient (Wildman–Crippen LogP) is 3.96. The first-order chi connectivity index (χ1) is 12.1. The van der Waals surface area contributed by atoms with Gasteiger partial charge >= 0.3 is 6.03 Å². The van der Waals surface area contributed by atoms with Gasteiger partial charge in [0.05, 0.1) is 0 Å². The van der Waals surface area contributed by atoms with E-state index < -0.39 is 15.1 Å². The molecule has 2 heterocycles. The van der Waals surface area contributed by atoms with Crippen LogP contribution < -0.4 is 10.6 Å². The van der Waals surface area contributed by atoms with Crippen LogP contribution in [0, 0.1) is 0 Å². The molecule has 0 spiro atoms. The van der Waals surface area contributed by atoms with Gasteiger partial charge in [0.15, 0.2) is 9.84 Å². The highest BCUT2D eigenvalue weighted by Gasteiger charge is 2.31. The van der Waals surface area contributed by atoms with E-state index in [9.17, 15) is 13.2 Å². The van der Waals surface area contributed by atoms with E-state index in [1.165, 1.54) is 29.1 Å². The Bertz CT molecular complexity index is 764. The highest BCUT2D eigenvalue weighted by atomic mass is 32.2. The standard InChI is InChI=1S/C17H22N2O3S3/c20-17(19-13-6-2-1-3-7-13)18-12-15(14-8-4-10-23-14)25(21,22)16-9-5-11-24-16/h4-5,8-11,13,15H,1-3,6-7,12H2,(H2,18,19,20). The first-order valence-corrected chi connectivity index (χ1v) is 11.7. The van der Waals surface area contributed by atoms with Crippen LogP contribution in [0.4, 0.5) is 4.79 Å². The van der Waals surface area contributed by atoms with Crippen molar-refractivity contribution in [2.24, 2.45) is 0 Å². The zero-order chi connectivity index (χ0) is 17.7. The van der Waals surface area contributed by atoms with Gasteiger partial charge in [-0.25, -0.2) is 13.2 Å². The molecule has 1 aliphatic rings. The summed E-state index contributed by atoms with van der Waals surface area (Å²) in [6.07, 6.45) is 5.48. The molecule has 3 rings (SSSR count). The largest absolute Gasteiger partial charge is 0.336 e. The summed E-state index contributed by atoms with van der Waals surface area (Å²) in [5.41, 5.74) is 0. The maximum Gasteiger partial charge on any atom is 0.315 e. The van der Waals surface area contributed by atoms with Gasteiger partial charge in [-0.2, -0.15) is 0 Å². The van der Waals surface area contributed by atoms with Crippen molar-refractivity contribution in [3.8, 4) is 0 Å². The third-order valence-electron chi connectivity index (χ3n) is 4.40. The number of rotatable bonds is 6.